The zero-order chi connectivity index (χ0) is 9.97. The van der Waals surface area contributed by atoms with Crippen molar-refractivity contribution >= 4 is 33.3 Å². The molecule has 0 spiro atoms. The molecule has 0 saturated carbocycles. The summed E-state index contributed by atoms with van der Waals surface area (Å²) in [6.45, 7) is 2.01. The summed E-state index contributed by atoms with van der Waals surface area (Å²) in [4.78, 5) is 4.49. The molecule has 1 heterocycles. The van der Waals surface area contributed by atoms with Gasteiger partial charge in [0, 0.05) is 0 Å². The van der Waals surface area contributed by atoms with Crippen LogP contribution in [-0.4, -0.2) is 10.2 Å². The highest BCUT2D eigenvalue weighted by atomic mass is 32.2. The van der Waals surface area contributed by atoms with Crippen molar-refractivity contribution in [2.45, 2.75) is 16.5 Å². The summed E-state index contributed by atoms with van der Waals surface area (Å²) in [6, 6.07) is 8.13. The summed E-state index contributed by atoms with van der Waals surface area (Å²) in [5.41, 5.74) is 1.06. The maximum atomic E-state index is 5.32. The number of rotatable bonds is 2. The van der Waals surface area contributed by atoms with Crippen molar-refractivity contribution in [2.75, 3.05) is 0 Å². The lowest BCUT2D eigenvalue weighted by molar-refractivity contribution is 1.25. The van der Waals surface area contributed by atoms with Crippen LogP contribution in [0.1, 0.15) is 6.92 Å². The molecule has 0 aliphatic rings. The fourth-order valence-electron chi connectivity index (χ4n) is 1.09. The third-order valence-corrected chi connectivity index (χ3v) is 3.94. The molecule has 70 valence electrons. The molecule has 0 fully saturated rings. The smallest absolute Gasteiger partial charge is 0.152 e. The number of benzene rings is 1. The number of fused-ring (bicyclic) bond motifs is 1. The van der Waals surface area contributed by atoms with Crippen molar-refractivity contribution in [3.8, 4) is 12.3 Å². The lowest BCUT2D eigenvalue weighted by Crippen LogP contribution is -1.87. The Morgan fingerprint density at radius 2 is 2.29 bits per heavy atom. The molecular formula is C11H9NS2. The standard InChI is InChI=1S/C11H9NS2/c1-3-8(2)13-11-12-9-6-4-5-7-10(9)14-11/h1,4-8H,2H3/t8-/m0/s1. The quantitative estimate of drug-likeness (QED) is 0.567. The van der Waals surface area contributed by atoms with Crippen LogP contribution in [0.2, 0.25) is 0 Å². The van der Waals surface area contributed by atoms with E-state index in [4.69, 9.17) is 6.42 Å². The number of aromatic nitrogens is 1. The zero-order valence-corrected chi connectivity index (χ0v) is 9.36. The average Bonchev–Trinajstić information content (AvgIpc) is 2.59. The molecule has 0 radical (unpaired) electrons. The number of terminal acetylenes is 1. The van der Waals surface area contributed by atoms with E-state index in [1.807, 2.05) is 25.1 Å². The first-order valence-electron chi connectivity index (χ1n) is 4.28. The van der Waals surface area contributed by atoms with Gasteiger partial charge in [0.1, 0.15) is 0 Å². The summed E-state index contributed by atoms with van der Waals surface area (Å²) in [5.74, 6) is 2.69. The van der Waals surface area contributed by atoms with Crippen LogP contribution in [0.4, 0.5) is 0 Å². The monoisotopic (exact) mass is 219 g/mol. The molecule has 0 amide bonds. The number of thiazole rings is 1. The molecule has 0 saturated heterocycles. The zero-order valence-electron chi connectivity index (χ0n) is 7.73. The van der Waals surface area contributed by atoms with Gasteiger partial charge in [0.15, 0.2) is 4.34 Å². The molecule has 0 aliphatic carbocycles. The van der Waals surface area contributed by atoms with Gasteiger partial charge in [0.05, 0.1) is 15.5 Å². The van der Waals surface area contributed by atoms with Gasteiger partial charge in [-0.2, -0.15) is 0 Å². The second kappa shape index (κ2) is 4.04. The molecule has 1 nitrogen and oxygen atoms in total. The molecule has 1 aromatic carbocycles. The second-order valence-corrected chi connectivity index (χ2v) is 5.49. The van der Waals surface area contributed by atoms with Crippen molar-refractivity contribution < 1.29 is 0 Å². The number of hydrogen-bond donors (Lipinski definition) is 0. The van der Waals surface area contributed by atoms with Gasteiger partial charge in [0.25, 0.3) is 0 Å². The molecule has 14 heavy (non-hydrogen) atoms. The highest BCUT2D eigenvalue weighted by molar-refractivity contribution is 8.01. The van der Waals surface area contributed by atoms with E-state index < -0.39 is 0 Å². The van der Waals surface area contributed by atoms with E-state index in [1.54, 1.807) is 23.1 Å². The van der Waals surface area contributed by atoms with E-state index >= 15 is 0 Å². The van der Waals surface area contributed by atoms with E-state index in [0.29, 0.717) is 0 Å². The van der Waals surface area contributed by atoms with E-state index in [2.05, 4.69) is 17.0 Å². The van der Waals surface area contributed by atoms with Gasteiger partial charge >= 0.3 is 0 Å². The molecule has 0 N–H and O–H groups in total. The SMILES string of the molecule is C#C[C@H](C)Sc1nc2ccccc2s1. The van der Waals surface area contributed by atoms with Crippen LogP contribution >= 0.6 is 23.1 Å². The highest BCUT2D eigenvalue weighted by Gasteiger charge is 2.06. The van der Waals surface area contributed by atoms with E-state index in [-0.39, 0.29) is 5.25 Å². The first kappa shape index (κ1) is 9.57. The van der Waals surface area contributed by atoms with E-state index in [9.17, 15) is 0 Å². The summed E-state index contributed by atoms with van der Waals surface area (Å²) in [6.07, 6.45) is 5.32. The van der Waals surface area contributed by atoms with Crippen LogP contribution < -0.4 is 0 Å². The van der Waals surface area contributed by atoms with Gasteiger partial charge in [-0.15, -0.1) is 17.8 Å². The second-order valence-electron chi connectivity index (χ2n) is 2.87. The minimum atomic E-state index is 0.190. The Bertz CT molecular complexity index is 448. The van der Waals surface area contributed by atoms with Crippen LogP contribution in [0, 0.1) is 12.3 Å². The molecule has 0 bridgehead atoms. The van der Waals surface area contributed by atoms with Crippen LogP contribution in [-0.2, 0) is 0 Å². The fourth-order valence-corrected chi connectivity index (χ4v) is 3.20. The molecule has 1 aromatic heterocycles. The third-order valence-electron chi connectivity index (χ3n) is 1.79. The molecule has 0 aliphatic heterocycles. The minimum absolute atomic E-state index is 0.190. The van der Waals surface area contributed by atoms with Crippen molar-refractivity contribution in [1.82, 2.24) is 4.98 Å². The number of hydrogen-bond acceptors (Lipinski definition) is 3. The summed E-state index contributed by atoms with van der Waals surface area (Å²) in [5, 5.41) is 0.190. The topological polar surface area (TPSA) is 12.9 Å². The van der Waals surface area contributed by atoms with Crippen LogP contribution in [0.25, 0.3) is 10.2 Å². The molecule has 2 aromatic rings. The lowest BCUT2D eigenvalue weighted by Gasteiger charge is -1.96. The summed E-state index contributed by atoms with van der Waals surface area (Å²) >= 11 is 3.34. The van der Waals surface area contributed by atoms with Gasteiger partial charge in [-0.05, 0) is 19.1 Å². The Morgan fingerprint density at radius 3 is 3.00 bits per heavy atom. The van der Waals surface area contributed by atoms with Gasteiger partial charge in [0.2, 0.25) is 0 Å². The van der Waals surface area contributed by atoms with Crippen LogP contribution in [0.5, 0.6) is 0 Å². The Hall–Kier alpha value is -0.980. The molecule has 2 rings (SSSR count). The number of para-hydroxylation sites is 1. The molecule has 1 atom stereocenters. The Kier molecular flexibility index (Phi) is 2.76. The fraction of sp³-hybridized carbons (Fsp3) is 0.182. The van der Waals surface area contributed by atoms with E-state index in [1.165, 1.54) is 4.70 Å². The Labute approximate surface area is 91.6 Å². The third kappa shape index (κ3) is 1.92. The van der Waals surface area contributed by atoms with Crippen LogP contribution in [0.3, 0.4) is 0 Å². The Balaban J connectivity index is 2.32. The van der Waals surface area contributed by atoms with Crippen molar-refractivity contribution in [1.29, 1.82) is 0 Å². The molecule has 3 heteroatoms. The largest absolute Gasteiger partial charge is 0.230 e. The van der Waals surface area contributed by atoms with Crippen molar-refractivity contribution in [2.24, 2.45) is 0 Å². The Morgan fingerprint density at radius 1 is 1.50 bits per heavy atom. The maximum absolute atomic E-state index is 5.32. The first-order valence-corrected chi connectivity index (χ1v) is 5.97. The lowest BCUT2D eigenvalue weighted by atomic mass is 10.3. The first-order chi connectivity index (χ1) is 6.79. The van der Waals surface area contributed by atoms with E-state index in [0.717, 1.165) is 9.86 Å². The average molecular weight is 219 g/mol. The van der Waals surface area contributed by atoms with Gasteiger partial charge in [-0.25, -0.2) is 4.98 Å². The maximum Gasteiger partial charge on any atom is 0.152 e. The van der Waals surface area contributed by atoms with Gasteiger partial charge in [-0.1, -0.05) is 29.8 Å². The molecular weight excluding hydrogens is 210 g/mol. The van der Waals surface area contributed by atoms with Gasteiger partial charge in [-0.3, -0.25) is 0 Å². The van der Waals surface area contributed by atoms with Crippen LogP contribution in [0.15, 0.2) is 28.6 Å². The predicted octanol–water partition coefficient (Wildman–Crippen LogP) is 3.41. The number of thioether (sulfide) groups is 1. The van der Waals surface area contributed by atoms with Crippen molar-refractivity contribution in [3.05, 3.63) is 24.3 Å². The summed E-state index contributed by atoms with van der Waals surface area (Å²) < 4.78 is 2.27. The minimum Gasteiger partial charge on any atom is -0.230 e. The number of nitrogens with zero attached hydrogens (tertiary/aromatic N) is 1. The summed E-state index contributed by atoms with van der Waals surface area (Å²) in [7, 11) is 0. The van der Waals surface area contributed by atoms with Gasteiger partial charge < -0.3 is 0 Å². The predicted molar refractivity (Wildman–Crippen MR) is 63.8 cm³/mol. The highest BCUT2D eigenvalue weighted by Crippen LogP contribution is 2.31. The normalized spacial score (nSPS) is 12.6. The van der Waals surface area contributed by atoms with Crippen molar-refractivity contribution in [3.63, 3.8) is 0 Å². The molecule has 0 unspecified atom stereocenters.